The molecular formula is C8H17NO3. The lowest BCUT2D eigenvalue weighted by Gasteiger charge is -2.16. The lowest BCUT2D eigenvalue weighted by atomic mass is 10.4. The molecule has 1 heterocycles. The minimum atomic E-state index is -0.493. The Bertz CT molecular complexity index is 138. The summed E-state index contributed by atoms with van der Waals surface area (Å²) in [6, 6.07) is 0. The van der Waals surface area contributed by atoms with Gasteiger partial charge in [0, 0.05) is 0 Å². The fourth-order valence-electron chi connectivity index (χ4n) is 1.03. The molecule has 1 aliphatic rings. The molecule has 72 valence electrons. The van der Waals surface area contributed by atoms with E-state index in [1.54, 1.807) is 0 Å². The van der Waals surface area contributed by atoms with Crippen LogP contribution in [0.2, 0.25) is 0 Å². The molecule has 12 heavy (non-hydrogen) atoms. The summed E-state index contributed by atoms with van der Waals surface area (Å²) >= 11 is 0. The second-order valence-electron chi connectivity index (χ2n) is 3.27. The Morgan fingerprint density at radius 2 is 2.33 bits per heavy atom. The molecule has 2 N–H and O–H groups in total. The zero-order valence-electron chi connectivity index (χ0n) is 7.71. The molecule has 1 rings (SSSR count). The van der Waals surface area contributed by atoms with Crippen molar-refractivity contribution in [3.63, 3.8) is 0 Å². The molecule has 1 saturated heterocycles. The normalized spacial score (nSPS) is 27.8. The van der Waals surface area contributed by atoms with Gasteiger partial charge in [-0.15, -0.1) is 0 Å². The van der Waals surface area contributed by atoms with E-state index in [-0.39, 0.29) is 6.29 Å². The van der Waals surface area contributed by atoms with Crippen molar-refractivity contribution in [2.24, 2.45) is 5.73 Å². The van der Waals surface area contributed by atoms with E-state index in [9.17, 15) is 0 Å². The lowest BCUT2D eigenvalue weighted by Crippen LogP contribution is -2.23. The van der Waals surface area contributed by atoms with Crippen LogP contribution in [0, 0.1) is 0 Å². The van der Waals surface area contributed by atoms with Crippen molar-refractivity contribution in [3.8, 4) is 0 Å². The van der Waals surface area contributed by atoms with Crippen LogP contribution in [0.4, 0.5) is 0 Å². The van der Waals surface area contributed by atoms with E-state index < -0.39 is 5.79 Å². The topological polar surface area (TPSA) is 53.7 Å². The quantitative estimate of drug-likeness (QED) is 0.631. The average Bonchev–Trinajstić information content (AvgIpc) is 2.31. The summed E-state index contributed by atoms with van der Waals surface area (Å²) in [5.74, 6) is -0.493. The molecule has 4 nitrogen and oxygen atoms in total. The Kier molecular flexibility index (Phi) is 3.46. The number of ether oxygens (including phenoxy) is 3. The maximum absolute atomic E-state index is 5.41. The lowest BCUT2D eigenvalue weighted by molar-refractivity contribution is -0.190. The molecule has 0 saturated carbocycles. The van der Waals surface area contributed by atoms with Crippen molar-refractivity contribution in [1.82, 2.24) is 0 Å². The highest BCUT2D eigenvalue weighted by molar-refractivity contribution is 4.63. The molecule has 0 aromatic heterocycles. The van der Waals surface area contributed by atoms with E-state index in [4.69, 9.17) is 19.9 Å². The molecule has 1 atom stereocenters. The van der Waals surface area contributed by atoms with E-state index in [1.807, 2.05) is 13.8 Å². The molecule has 1 aliphatic heterocycles. The van der Waals surface area contributed by atoms with Gasteiger partial charge in [-0.2, -0.15) is 0 Å². The average molecular weight is 175 g/mol. The second kappa shape index (κ2) is 4.18. The maximum Gasteiger partial charge on any atom is 0.184 e. The fraction of sp³-hybridized carbons (Fsp3) is 1.00. The van der Waals surface area contributed by atoms with Crippen LogP contribution >= 0.6 is 0 Å². The number of hydrogen-bond donors (Lipinski definition) is 1. The minimum absolute atomic E-state index is 0.216. The van der Waals surface area contributed by atoms with Gasteiger partial charge in [0.2, 0.25) is 0 Å². The van der Waals surface area contributed by atoms with Gasteiger partial charge in [-0.25, -0.2) is 0 Å². The Labute approximate surface area is 73.0 Å². The van der Waals surface area contributed by atoms with Gasteiger partial charge in [0.1, 0.15) is 6.61 Å². The van der Waals surface area contributed by atoms with Crippen LogP contribution in [0.25, 0.3) is 0 Å². The molecule has 0 bridgehead atoms. The van der Waals surface area contributed by atoms with E-state index in [2.05, 4.69) is 0 Å². The van der Waals surface area contributed by atoms with Crippen LogP contribution in [-0.4, -0.2) is 31.8 Å². The molecular weight excluding hydrogens is 158 g/mol. The van der Waals surface area contributed by atoms with E-state index in [0.717, 1.165) is 6.42 Å². The summed E-state index contributed by atoms with van der Waals surface area (Å²) < 4.78 is 16.1. The van der Waals surface area contributed by atoms with Crippen LogP contribution in [0.5, 0.6) is 0 Å². The summed E-state index contributed by atoms with van der Waals surface area (Å²) in [4.78, 5) is 0. The van der Waals surface area contributed by atoms with Gasteiger partial charge < -0.3 is 19.9 Å². The third kappa shape index (κ3) is 3.06. The third-order valence-electron chi connectivity index (χ3n) is 1.63. The van der Waals surface area contributed by atoms with E-state index >= 15 is 0 Å². The molecule has 0 radical (unpaired) electrons. The zero-order valence-corrected chi connectivity index (χ0v) is 7.71. The highest BCUT2D eigenvalue weighted by Crippen LogP contribution is 2.22. The molecule has 4 heteroatoms. The fourth-order valence-corrected chi connectivity index (χ4v) is 1.03. The predicted octanol–water partition coefficient (Wildman–Crippen LogP) is 0.461. The van der Waals surface area contributed by atoms with Gasteiger partial charge in [0.15, 0.2) is 12.1 Å². The van der Waals surface area contributed by atoms with Crippen molar-refractivity contribution >= 4 is 0 Å². The van der Waals surface area contributed by atoms with Crippen molar-refractivity contribution < 1.29 is 14.2 Å². The Morgan fingerprint density at radius 1 is 1.58 bits per heavy atom. The van der Waals surface area contributed by atoms with Crippen molar-refractivity contribution in [2.75, 3.05) is 19.8 Å². The molecule has 0 amide bonds. The monoisotopic (exact) mass is 175 g/mol. The molecule has 0 aromatic carbocycles. The Balaban J connectivity index is 2.11. The van der Waals surface area contributed by atoms with Gasteiger partial charge >= 0.3 is 0 Å². The molecule has 1 fully saturated rings. The van der Waals surface area contributed by atoms with Crippen molar-refractivity contribution in [1.29, 1.82) is 0 Å². The van der Waals surface area contributed by atoms with Gasteiger partial charge in [-0.05, 0) is 26.8 Å². The van der Waals surface area contributed by atoms with Crippen molar-refractivity contribution in [2.45, 2.75) is 32.3 Å². The molecule has 0 spiro atoms. The van der Waals surface area contributed by atoms with E-state index in [0.29, 0.717) is 19.8 Å². The first kappa shape index (κ1) is 9.92. The third-order valence-corrected chi connectivity index (χ3v) is 1.63. The summed E-state index contributed by atoms with van der Waals surface area (Å²) in [7, 11) is 0. The van der Waals surface area contributed by atoms with Gasteiger partial charge in [0.05, 0.1) is 6.61 Å². The highest BCUT2D eigenvalue weighted by Gasteiger charge is 2.32. The summed E-state index contributed by atoms with van der Waals surface area (Å²) in [5.41, 5.74) is 5.31. The van der Waals surface area contributed by atoms with Gasteiger partial charge in [-0.1, -0.05) is 0 Å². The van der Waals surface area contributed by atoms with Crippen molar-refractivity contribution in [3.05, 3.63) is 0 Å². The predicted molar refractivity (Wildman–Crippen MR) is 44.5 cm³/mol. The highest BCUT2D eigenvalue weighted by atomic mass is 16.8. The Morgan fingerprint density at radius 3 is 2.83 bits per heavy atom. The summed E-state index contributed by atoms with van der Waals surface area (Å²) in [6.07, 6.45) is 0.645. The van der Waals surface area contributed by atoms with Crippen LogP contribution in [0.3, 0.4) is 0 Å². The van der Waals surface area contributed by atoms with Crippen LogP contribution in [-0.2, 0) is 14.2 Å². The van der Waals surface area contributed by atoms with Crippen LogP contribution < -0.4 is 5.73 Å². The van der Waals surface area contributed by atoms with Crippen LogP contribution in [0.15, 0.2) is 0 Å². The standard InChI is InChI=1S/C8H17NO3/c1-8(2)11-6-7(12-8)10-5-3-4-9/h7H,3-6,9H2,1-2H3. The first-order valence-corrected chi connectivity index (χ1v) is 4.27. The molecule has 0 aliphatic carbocycles. The first-order chi connectivity index (χ1) is 5.64. The number of rotatable bonds is 4. The van der Waals surface area contributed by atoms with E-state index in [1.165, 1.54) is 0 Å². The second-order valence-corrected chi connectivity index (χ2v) is 3.27. The smallest absolute Gasteiger partial charge is 0.184 e. The minimum Gasteiger partial charge on any atom is -0.350 e. The molecule has 1 unspecified atom stereocenters. The zero-order chi connectivity index (χ0) is 9.03. The number of hydrogen-bond acceptors (Lipinski definition) is 4. The number of nitrogens with two attached hydrogens (primary N) is 1. The summed E-state index contributed by atoms with van der Waals surface area (Å²) in [6.45, 7) is 5.55. The van der Waals surface area contributed by atoms with Crippen LogP contribution in [0.1, 0.15) is 20.3 Å². The summed E-state index contributed by atoms with van der Waals surface area (Å²) in [5, 5.41) is 0. The molecule has 0 aromatic rings. The van der Waals surface area contributed by atoms with Gasteiger partial charge in [0.25, 0.3) is 0 Å². The maximum atomic E-state index is 5.41. The first-order valence-electron chi connectivity index (χ1n) is 4.27. The van der Waals surface area contributed by atoms with Gasteiger partial charge in [-0.3, -0.25) is 0 Å². The Hall–Kier alpha value is -0.160. The SMILES string of the molecule is CC1(C)OCC(OCCCN)O1. The largest absolute Gasteiger partial charge is 0.350 e.